The Balaban J connectivity index is 0.000000201. The molecule has 268 valence electrons. The first kappa shape index (κ1) is 38.3. The molecule has 0 aliphatic rings. The summed E-state index contributed by atoms with van der Waals surface area (Å²) < 4.78 is 50.2. The van der Waals surface area contributed by atoms with Crippen LogP contribution in [-0.4, -0.2) is 40.1 Å². The summed E-state index contributed by atoms with van der Waals surface area (Å²) in [5, 5.41) is 26.6. The van der Waals surface area contributed by atoms with Crippen molar-refractivity contribution in [2.45, 2.75) is 44.9 Å². The van der Waals surface area contributed by atoms with Crippen LogP contribution in [0.3, 0.4) is 0 Å². The predicted molar refractivity (Wildman–Crippen MR) is 203 cm³/mol. The highest BCUT2D eigenvalue weighted by molar-refractivity contribution is 7.91. The molecule has 0 radical (unpaired) electrons. The molecule has 8 nitrogen and oxygen atoms in total. The number of hydrogen-bond donors (Lipinski definition) is 4. The Morgan fingerprint density at radius 3 is 0.962 bits per heavy atom. The second-order valence-electron chi connectivity index (χ2n) is 12.0. The molecule has 0 saturated carbocycles. The molecule has 0 unspecified atom stereocenters. The number of hydrogen-bond acceptors (Lipinski definition) is 8. The highest BCUT2D eigenvalue weighted by Gasteiger charge is 2.18. The first-order chi connectivity index (χ1) is 25.1. The molecule has 6 rings (SSSR count). The van der Waals surface area contributed by atoms with E-state index in [0.29, 0.717) is 26.2 Å². The van der Waals surface area contributed by atoms with Crippen molar-refractivity contribution >= 4 is 19.7 Å². The molecule has 0 saturated heterocycles. The quantitative estimate of drug-likeness (QED) is 0.0975. The van der Waals surface area contributed by atoms with Crippen LogP contribution >= 0.6 is 0 Å². The summed E-state index contributed by atoms with van der Waals surface area (Å²) in [5.74, 6) is 0. The van der Waals surface area contributed by atoms with E-state index < -0.39 is 31.9 Å². The van der Waals surface area contributed by atoms with E-state index in [1.807, 2.05) is 60.7 Å². The zero-order valence-electron chi connectivity index (χ0n) is 28.5. The van der Waals surface area contributed by atoms with Crippen LogP contribution in [0.1, 0.15) is 34.5 Å². The number of benzene rings is 6. The van der Waals surface area contributed by atoms with Crippen molar-refractivity contribution in [3.05, 3.63) is 192 Å². The molecule has 0 spiro atoms. The second kappa shape index (κ2) is 18.5. The third-order valence-electron chi connectivity index (χ3n) is 8.28. The molecular weight excluding hydrogens is 693 g/mol. The van der Waals surface area contributed by atoms with Crippen LogP contribution in [0.5, 0.6) is 0 Å². The predicted octanol–water partition coefficient (Wildman–Crippen LogP) is 6.69. The van der Waals surface area contributed by atoms with Gasteiger partial charge in [0, 0.05) is 26.2 Å². The van der Waals surface area contributed by atoms with Crippen molar-refractivity contribution in [2.24, 2.45) is 0 Å². The van der Waals surface area contributed by atoms with Crippen LogP contribution in [0.4, 0.5) is 0 Å². The standard InChI is InChI=1S/2C21H21NO3S/c2*23-21(18-7-3-1-4-8-18)16-22-15-17-11-13-20(14-12-17)26(24,25)19-9-5-2-6-10-19/h2*1-14,21-23H,15-16H2/t2*21-/m00/s1. The van der Waals surface area contributed by atoms with Crippen LogP contribution in [0, 0.1) is 0 Å². The van der Waals surface area contributed by atoms with E-state index in [9.17, 15) is 27.0 Å². The Morgan fingerprint density at radius 2 is 0.654 bits per heavy atom. The summed E-state index contributed by atoms with van der Waals surface area (Å²) in [7, 11) is -6.97. The highest BCUT2D eigenvalue weighted by Crippen LogP contribution is 2.22. The van der Waals surface area contributed by atoms with Crippen LogP contribution in [0.2, 0.25) is 0 Å². The van der Waals surface area contributed by atoms with Gasteiger partial charge in [-0.25, -0.2) is 16.8 Å². The third-order valence-corrected chi connectivity index (χ3v) is 11.8. The molecule has 4 N–H and O–H groups in total. The van der Waals surface area contributed by atoms with Crippen LogP contribution in [0.15, 0.2) is 189 Å². The van der Waals surface area contributed by atoms with Crippen LogP contribution in [-0.2, 0) is 32.8 Å². The summed E-state index contributed by atoms with van der Waals surface area (Å²) >= 11 is 0. The van der Waals surface area contributed by atoms with Gasteiger partial charge in [-0.2, -0.15) is 0 Å². The minimum atomic E-state index is -3.49. The molecular formula is C42H42N2O6S2. The molecule has 2 atom stereocenters. The zero-order chi connectivity index (χ0) is 36.8. The lowest BCUT2D eigenvalue weighted by Gasteiger charge is -2.12. The monoisotopic (exact) mass is 734 g/mol. The number of sulfone groups is 2. The summed E-state index contributed by atoms with van der Waals surface area (Å²) in [6, 6.07) is 49.4. The molecule has 0 aliphatic carbocycles. The molecule has 6 aromatic carbocycles. The van der Waals surface area contributed by atoms with E-state index in [-0.39, 0.29) is 19.6 Å². The van der Waals surface area contributed by atoms with E-state index in [1.165, 1.54) is 0 Å². The molecule has 6 aromatic rings. The maximum atomic E-state index is 12.6. The molecule has 0 fully saturated rings. The largest absolute Gasteiger partial charge is 0.387 e. The van der Waals surface area contributed by atoms with Crippen molar-refractivity contribution in [1.82, 2.24) is 10.6 Å². The number of nitrogens with one attached hydrogen (secondary N) is 2. The van der Waals surface area contributed by atoms with Crippen molar-refractivity contribution in [2.75, 3.05) is 13.1 Å². The van der Waals surface area contributed by atoms with Crippen molar-refractivity contribution < 1.29 is 27.0 Å². The van der Waals surface area contributed by atoms with E-state index in [4.69, 9.17) is 0 Å². The van der Waals surface area contributed by atoms with Crippen molar-refractivity contribution in [3.63, 3.8) is 0 Å². The van der Waals surface area contributed by atoms with Gasteiger partial charge in [0.15, 0.2) is 0 Å². The molecule has 52 heavy (non-hydrogen) atoms. The lowest BCUT2D eigenvalue weighted by molar-refractivity contribution is 0.174. The fourth-order valence-corrected chi connectivity index (χ4v) is 7.90. The van der Waals surface area contributed by atoms with Gasteiger partial charge in [0.25, 0.3) is 0 Å². The van der Waals surface area contributed by atoms with Gasteiger partial charge in [-0.1, -0.05) is 121 Å². The summed E-state index contributed by atoms with van der Waals surface area (Å²) in [6.07, 6.45) is -1.15. The van der Waals surface area contributed by atoms with Crippen molar-refractivity contribution in [1.29, 1.82) is 0 Å². The third kappa shape index (κ3) is 10.5. The second-order valence-corrected chi connectivity index (χ2v) is 15.9. The first-order valence-corrected chi connectivity index (χ1v) is 19.8. The van der Waals surface area contributed by atoms with E-state index in [2.05, 4.69) is 10.6 Å². The van der Waals surface area contributed by atoms with Gasteiger partial charge < -0.3 is 20.8 Å². The minimum absolute atomic E-state index is 0.275. The Morgan fingerprint density at radius 1 is 0.385 bits per heavy atom. The van der Waals surface area contributed by atoms with Gasteiger partial charge in [0.2, 0.25) is 19.7 Å². The topological polar surface area (TPSA) is 133 Å². The summed E-state index contributed by atoms with van der Waals surface area (Å²) in [5.41, 5.74) is 3.64. The molecule has 10 heteroatoms. The fourth-order valence-electron chi connectivity index (χ4n) is 5.34. The van der Waals surface area contributed by atoms with Gasteiger partial charge in [-0.05, 0) is 70.8 Å². The molecule has 0 heterocycles. The van der Waals surface area contributed by atoms with Crippen molar-refractivity contribution in [3.8, 4) is 0 Å². The van der Waals surface area contributed by atoms with E-state index >= 15 is 0 Å². The maximum absolute atomic E-state index is 12.6. The average Bonchev–Trinajstić information content (AvgIpc) is 3.20. The normalized spacial score (nSPS) is 12.7. The van der Waals surface area contributed by atoms with Gasteiger partial charge in [-0.15, -0.1) is 0 Å². The summed E-state index contributed by atoms with van der Waals surface area (Å²) in [6.45, 7) is 1.95. The smallest absolute Gasteiger partial charge is 0.206 e. The van der Waals surface area contributed by atoms with Gasteiger partial charge in [0.1, 0.15) is 0 Å². The van der Waals surface area contributed by atoms with Crippen LogP contribution in [0.25, 0.3) is 0 Å². The Hall–Kier alpha value is -4.94. The molecule has 0 aromatic heterocycles. The average molecular weight is 735 g/mol. The van der Waals surface area contributed by atoms with Gasteiger partial charge in [0.05, 0.1) is 31.8 Å². The lowest BCUT2D eigenvalue weighted by Crippen LogP contribution is -2.21. The first-order valence-electron chi connectivity index (χ1n) is 16.8. The minimum Gasteiger partial charge on any atom is -0.387 e. The zero-order valence-corrected chi connectivity index (χ0v) is 30.1. The van der Waals surface area contributed by atoms with Crippen LogP contribution < -0.4 is 10.6 Å². The molecule has 0 aliphatic heterocycles. The molecule has 0 amide bonds. The van der Waals surface area contributed by atoms with Gasteiger partial charge in [-0.3, -0.25) is 0 Å². The highest BCUT2D eigenvalue weighted by atomic mass is 32.2. The summed E-state index contributed by atoms with van der Waals surface area (Å²) in [4.78, 5) is 1.13. The Kier molecular flexibility index (Phi) is 13.6. The Bertz CT molecular complexity index is 2010. The van der Waals surface area contributed by atoms with E-state index in [1.54, 1.807) is 109 Å². The van der Waals surface area contributed by atoms with Gasteiger partial charge >= 0.3 is 0 Å². The Labute approximate surface area is 306 Å². The SMILES string of the molecule is O=S(=O)(c1ccccc1)c1ccc(CNC[C@H](O)c2ccccc2)cc1.O=S(=O)(c1ccccc1)c1ccc(CNC[C@H](O)c2ccccc2)cc1. The lowest BCUT2D eigenvalue weighted by atomic mass is 10.1. The molecule has 0 bridgehead atoms. The number of rotatable bonds is 14. The fraction of sp³-hybridized carbons (Fsp3) is 0.143. The number of aliphatic hydroxyl groups is 2. The number of aliphatic hydroxyl groups excluding tert-OH is 2. The maximum Gasteiger partial charge on any atom is 0.206 e. The van der Waals surface area contributed by atoms with E-state index in [0.717, 1.165) is 22.3 Å².